The van der Waals surface area contributed by atoms with E-state index in [0.717, 1.165) is 12.8 Å². The zero-order valence-electron chi connectivity index (χ0n) is 11.1. The van der Waals surface area contributed by atoms with Crippen molar-refractivity contribution in [3.05, 3.63) is 47.6 Å². The molecule has 0 aromatic rings. The summed E-state index contributed by atoms with van der Waals surface area (Å²) in [5, 5.41) is 0. The fourth-order valence-electron chi connectivity index (χ4n) is 1.52. The molecular formula is C15H20Cl2Zr. The van der Waals surface area contributed by atoms with Crippen LogP contribution in [0.15, 0.2) is 35.5 Å². The van der Waals surface area contributed by atoms with Crippen molar-refractivity contribution in [2.75, 3.05) is 0 Å². The molecule has 0 heterocycles. The van der Waals surface area contributed by atoms with Gasteiger partial charge in [0.2, 0.25) is 0 Å². The van der Waals surface area contributed by atoms with Gasteiger partial charge in [-0.2, -0.15) is 11.6 Å². The Hall–Kier alpha value is 0.423. The van der Waals surface area contributed by atoms with Crippen LogP contribution in [0.3, 0.4) is 0 Å². The summed E-state index contributed by atoms with van der Waals surface area (Å²) in [7, 11) is 9.87. The topological polar surface area (TPSA) is 0 Å². The van der Waals surface area contributed by atoms with Crippen molar-refractivity contribution >= 4 is 17.0 Å². The van der Waals surface area contributed by atoms with Gasteiger partial charge >= 0.3 is 37.9 Å². The molecule has 2 aliphatic carbocycles. The zero-order valence-corrected chi connectivity index (χ0v) is 15.1. The van der Waals surface area contributed by atoms with E-state index in [-0.39, 0.29) is 0 Å². The van der Waals surface area contributed by atoms with Crippen LogP contribution in [0, 0.1) is 12.2 Å². The maximum atomic E-state index is 4.93. The minimum absolute atomic E-state index is 0.826. The van der Waals surface area contributed by atoms with Gasteiger partial charge in [-0.3, -0.25) is 6.08 Å². The van der Waals surface area contributed by atoms with Crippen molar-refractivity contribution in [1.29, 1.82) is 0 Å². The van der Waals surface area contributed by atoms with Gasteiger partial charge in [-0.15, -0.1) is 6.42 Å². The zero-order chi connectivity index (χ0) is 13.6. The molecule has 0 radical (unpaired) electrons. The number of hydrogen-bond donors (Lipinski definition) is 0. The van der Waals surface area contributed by atoms with Crippen molar-refractivity contribution in [1.82, 2.24) is 0 Å². The van der Waals surface area contributed by atoms with Gasteiger partial charge in [0, 0.05) is 0 Å². The third-order valence-electron chi connectivity index (χ3n) is 2.41. The van der Waals surface area contributed by atoms with Crippen molar-refractivity contribution in [3.8, 4) is 0 Å². The Labute approximate surface area is 130 Å². The molecule has 0 amide bonds. The normalized spacial score (nSPS) is 14.9. The molecule has 2 aliphatic rings. The van der Waals surface area contributed by atoms with Crippen molar-refractivity contribution in [3.63, 3.8) is 0 Å². The summed E-state index contributed by atoms with van der Waals surface area (Å²) in [6, 6.07) is 0. The van der Waals surface area contributed by atoms with E-state index < -0.39 is 20.8 Å². The van der Waals surface area contributed by atoms with Crippen LogP contribution in [0.25, 0.3) is 0 Å². The number of halogens is 2. The second-order valence-corrected chi connectivity index (χ2v) is 7.75. The predicted molar refractivity (Wildman–Crippen MR) is 77.9 cm³/mol. The summed E-state index contributed by atoms with van der Waals surface area (Å²) in [5.74, 6) is 0. The van der Waals surface area contributed by atoms with Crippen LogP contribution in [-0.2, 0) is 20.8 Å². The minimum atomic E-state index is -0.826. The average molecular weight is 362 g/mol. The molecular weight excluding hydrogens is 342 g/mol. The fraction of sp³-hybridized carbons (Fsp3) is 0.467. The van der Waals surface area contributed by atoms with Crippen molar-refractivity contribution in [2.45, 2.75) is 46.0 Å². The van der Waals surface area contributed by atoms with Gasteiger partial charge in [0.1, 0.15) is 0 Å². The first-order chi connectivity index (χ1) is 8.74. The quantitative estimate of drug-likeness (QED) is 0.545. The molecule has 0 unspecified atom stereocenters. The Morgan fingerprint density at radius 1 is 1.39 bits per heavy atom. The Morgan fingerprint density at radius 3 is 2.44 bits per heavy atom. The SMILES string of the molecule is CCCCC1=CCC(C)=[C-]1.[C-]1=CC=CC1.[Cl][Zr+2][Cl]. The molecule has 2 rings (SSSR count). The molecule has 0 aromatic heterocycles. The van der Waals surface area contributed by atoms with E-state index in [2.05, 4.69) is 38.2 Å². The summed E-state index contributed by atoms with van der Waals surface area (Å²) in [6.07, 6.45) is 20.6. The van der Waals surface area contributed by atoms with Gasteiger partial charge in [-0.05, 0) is 0 Å². The molecule has 0 atom stereocenters. The molecule has 0 fully saturated rings. The van der Waals surface area contributed by atoms with Gasteiger partial charge in [0.25, 0.3) is 0 Å². The van der Waals surface area contributed by atoms with Crippen LogP contribution in [-0.4, -0.2) is 0 Å². The van der Waals surface area contributed by atoms with Gasteiger partial charge in [0.15, 0.2) is 0 Å². The number of unbranched alkanes of at least 4 members (excludes halogenated alkanes) is 1. The Balaban J connectivity index is 0.000000301. The van der Waals surface area contributed by atoms with E-state index >= 15 is 0 Å². The van der Waals surface area contributed by atoms with Crippen LogP contribution >= 0.6 is 17.0 Å². The first-order valence-electron chi connectivity index (χ1n) is 6.21. The molecule has 0 nitrogen and oxygen atoms in total. The molecule has 0 saturated carbocycles. The van der Waals surface area contributed by atoms with Crippen molar-refractivity contribution < 1.29 is 20.8 Å². The molecule has 0 bridgehead atoms. The molecule has 0 N–H and O–H groups in total. The first-order valence-corrected chi connectivity index (χ1v) is 12.5. The number of rotatable bonds is 3. The van der Waals surface area contributed by atoms with E-state index in [0.29, 0.717) is 0 Å². The summed E-state index contributed by atoms with van der Waals surface area (Å²) in [6.45, 7) is 4.38. The van der Waals surface area contributed by atoms with E-state index in [1.807, 2.05) is 12.2 Å². The number of hydrogen-bond acceptors (Lipinski definition) is 0. The molecule has 0 aromatic carbocycles. The standard InChI is InChI=1S/C10H15.C5H5.2ClH.Zr/c1-3-4-5-10-7-6-9(2)8-10;1-2-4-5-3-1;;;/h7H,3-6H2,1-2H3;1-3H,4H2;2*1H;/q2*-1;;;+4/p-2. The predicted octanol–water partition coefficient (Wildman–Crippen LogP) is 5.94. The first kappa shape index (κ1) is 18.4. The van der Waals surface area contributed by atoms with Gasteiger partial charge < -0.3 is 0 Å². The molecule has 98 valence electrons. The summed E-state index contributed by atoms with van der Waals surface area (Å²) >= 11 is -0.826. The van der Waals surface area contributed by atoms with Crippen LogP contribution < -0.4 is 0 Å². The second kappa shape index (κ2) is 13.8. The van der Waals surface area contributed by atoms with E-state index in [1.54, 1.807) is 0 Å². The molecule has 0 spiro atoms. The van der Waals surface area contributed by atoms with Gasteiger partial charge in [-0.25, -0.2) is 29.9 Å². The van der Waals surface area contributed by atoms with E-state index in [1.165, 1.54) is 30.4 Å². The van der Waals surface area contributed by atoms with Crippen LogP contribution in [0.5, 0.6) is 0 Å². The Morgan fingerprint density at radius 2 is 2.11 bits per heavy atom. The van der Waals surface area contributed by atoms with Gasteiger partial charge in [0.05, 0.1) is 0 Å². The monoisotopic (exact) mass is 360 g/mol. The third-order valence-corrected chi connectivity index (χ3v) is 2.41. The summed E-state index contributed by atoms with van der Waals surface area (Å²) in [5.41, 5.74) is 2.82. The fourth-order valence-corrected chi connectivity index (χ4v) is 1.52. The molecule has 18 heavy (non-hydrogen) atoms. The molecule has 3 heteroatoms. The molecule has 0 saturated heterocycles. The number of allylic oxidation sites excluding steroid dienone is 8. The average Bonchev–Trinajstić information content (AvgIpc) is 3.01. The van der Waals surface area contributed by atoms with Crippen LogP contribution in [0.2, 0.25) is 0 Å². The molecule has 0 aliphatic heterocycles. The van der Waals surface area contributed by atoms with E-state index in [9.17, 15) is 0 Å². The summed E-state index contributed by atoms with van der Waals surface area (Å²) < 4.78 is 0. The van der Waals surface area contributed by atoms with Crippen molar-refractivity contribution in [2.24, 2.45) is 0 Å². The maximum absolute atomic E-state index is 4.93. The Bertz CT molecular complexity index is 304. The third kappa shape index (κ3) is 11.5. The van der Waals surface area contributed by atoms with Crippen LogP contribution in [0.4, 0.5) is 0 Å². The summed E-state index contributed by atoms with van der Waals surface area (Å²) in [4.78, 5) is 0. The van der Waals surface area contributed by atoms with Crippen LogP contribution in [0.1, 0.15) is 46.0 Å². The van der Waals surface area contributed by atoms with E-state index in [4.69, 9.17) is 17.0 Å². The second-order valence-electron chi connectivity index (χ2n) is 4.02. The Kier molecular flexibility index (Phi) is 14.2. The van der Waals surface area contributed by atoms with Gasteiger partial charge in [-0.1, -0.05) is 39.5 Å².